The molecule has 38 heavy (non-hydrogen) atoms. The first-order valence-electron chi connectivity index (χ1n) is 11.0. The van der Waals surface area contributed by atoms with Crippen molar-refractivity contribution in [2.45, 2.75) is 17.9 Å². The van der Waals surface area contributed by atoms with Gasteiger partial charge in [0, 0.05) is 11.1 Å². The Kier molecular flexibility index (Phi) is 7.69. The van der Waals surface area contributed by atoms with Crippen LogP contribution < -0.4 is 14.2 Å². The van der Waals surface area contributed by atoms with Crippen molar-refractivity contribution in [1.29, 1.82) is 0 Å². The summed E-state index contributed by atoms with van der Waals surface area (Å²) in [5.41, 5.74) is 1.84. The highest BCUT2D eigenvalue weighted by atomic mass is 35.5. The molecule has 1 atom stereocenters. The van der Waals surface area contributed by atoms with E-state index < -0.39 is 22.0 Å². The number of benzene rings is 2. The van der Waals surface area contributed by atoms with Crippen molar-refractivity contribution < 1.29 is 22.7 Å². The van der Waals surface area contributed by atoms with E-state index >= 15 is 0 Å². The first-order chi connectivity index (χ1) is 18.1. The van der Waals surface area contributed by atoms with Crippen LogP contribution in [0.5, 0.6) is 11.9 Å². The maximum atomic E-state index is 12.9. The topological polar surface area (TPSA) is 148 Å². The molecule has 1 aliphatic rings. The average molecular weight is 556 g/mol. The lowest BCUT2D eigenvalue weighted by Crippen LogP contribution is -2.28. The first kappa shape index (κ1) is 26.7. The van der Waals surface area contributed by atoms with Gasteiger partial charge >= 0.3 is 6.01 Å². The third-order valence-electron chi connectivity index (χ3n) is 5.28. The van der Waals surface area contributed by atoms with Crippen molar-refractivity contribution in [2.24, 2.45) is 15.3 Å². The molecule has 0 aliphatic carbocycles. The molecule has 12 nitrogen and oxygen atoms in total. The van der Waals surface area contributed by atoms with Crippen LogP contribution in [0.3, 0.4) is 0 Å². The van der Waals surface area contributed by atoms with Crippen molar-refractivity contribution in [2.75, 3.05) is 18.9 Å². The van der Waals surface area contributed by atoms with Crippen molar-refractivity contribution >= 4 is 50.4 Å². The predicted octanol–water partition coefficient (Wildman–Crippen LogP) is 4.29. The number of hydrogen-bond donors (Lipinski definition) is 1. The van der Waals surface area contributed by atoms with Gasteiger partial charge in [0.05, 0.1) is 36.2 Å². The molecule has 2 heterocycles. The summed E-state index contributed by atoms with van der Waals surface area (Å²) < 4.78 is 38.0. The molecule has 1 aromatic heterocycles. The maximum absolute atomic E-state index is 12.9. The number of methoxy groups -OCH3 is 2. The molecule has 0 fully saturated rings. The number of nitrogens with zero attached hydrogens (tertiary/aromatic N) is 6. The second-order valence-corrected chi connectivity index (χ2v) is 9.96. The van der Waals surface area contributed by atoms with Gasteiger partial charge in [-0.25, -0.2) is 8.42 Å². The predicted molar refractivity (Wildman–Crippen MR) is 141 cm³/mol. The second kappa shape index (κ2) is 10.9. The third-order valence-corrected chi connectivity index (χ3v) is 6.90. The van der Waals surface area contributed by atoms with Crippen LogP contribution in [-0.2, 0) is 14.8 Å². The minimum Gasteiger partial charge on any atom is -0.481 e. The molecule has 4 rings (SSSR count). The number of amides is 1. The van der Waals surface area contributed by atoms with Crippen LogP contribution in [0.25, 0.3) is 5.70 Å². The van der Waals surface area contributed by atoms with Crippen LogP contribution in [0.15, 0.2) is 81.4 Å². The highest BCUT2D eigenvalue weighted by Crippen LogP contribution is 2.27. The first-order valence-corrected chi connectivity index (χ1v) is 12.8. The minimum absolute atomic E-state index is 0.0308. The molecule has 0 saturated heterocycles. The zero-order chi connectivity index (χ0) is 27.4. The van der Waals surface area contributed by atoms with Gasteiger partial charge in [-0.3, -0.25) is 9.52 Å². The number of carbonyl (C=O) groups is 1. The van der Waals surface area contributed by atoms with Gasteiger partial charge in [-0.05, 0) is 48.9 Å². The van der Waals surface area contributed by atoms with E-state index in [4.69, 9.17) is 21.1 Å². The number of hydrazone groups is 1. The molecule has 1 aliphatic heterocycles. The lowest BCUT2D eigenvalue weighted by Gasteiger charge is -2.15. The lowest BCUT2D eigenvalue weighted by molar-refractivity contribution is -0.126. The van der Waals surface area contributed by atoms with E-state index in [1.54, 1.807) is 31.2 Å². The van der Waals surface area contributed by atoms with Gasteiger partial charge < -0.3 is 9.47 Å². The highest BCUT2D eigenvalue weighted by molar-refractivity contribution is 7.92. The molecular weight excluding hydrogens is 534 g/mol. The fourth-order valence-corrected chi connectivity index (χ4v) is 4.43. The third kappa shape index (κ3) is 5.79. The summed E-state index contributed by atoms with van der Waals surface area (Å²) in [7, 11) is -1.27. The highest BCUT2D eigenvalue weighted by Gasteiger charge is 2.35. The number of carbonyl (C=O) groups excluding carboxylic acids is 1. The lowest BCUT2D eigenvalue weighted by atomic mass is 10.1. The van der Waals surface area contributed by atoms with Gasteiger partial charge in [-0.1, -0.05) is 30.3 Å². The van der Waals surface area contributed by atoms with E-state index in [0.717, 1.165) is 0 Å². The number of rotatable bonds is 9. The van der Waals surface area contributed by atoms with Gasteiger partial charge in [0.15, 0.2) is 11.9 Å². The number of sulfonamides is 1. The largest absolute Gasteiger partial charge is 0.481 e. The summed E-state index contributed by atoms with van der Waals surface area (Å²) in [5, 5.41) is 14.2. The van der Waals surface area contributed by atoms with Crippen molar-refractivity contribution in [3.05, 3.63) is 71.8 Å². The number of halogens is 1. The second-order valence-electron chi connectivity index (χ2n) is 7.84. The molecule has 2 aromatic carbocycles. The molecule has 3 aromatic rings. The maximum Gasteiger partial charge on any atom is 0.321 e. The summed E-state index contributed by atoms with van der Waals surface area (Å²) in [6, 6.07) is 12.8. The minimum atomic E-state index is -4.00. The Hall–Kier alpha value is -4.36. The smallest absolute Gasteiger partial charge is 0.321 e. The Morgan fingerprint density at radius 1 is 1.08 bits per heavy atom. The number of ether oxygens (including phenoxy) is 2. The normalized spacial score (nSPS) is 15.5. The number of aromatic nitrogens is 2. The van der Waals surface area contributed by atoms with Gasteiger partial charge in [-0.2, -0.15) is 30.3 Å². The Bertz CT molecular complexity index is 1520. The van der Waals surface area contributed by atoms with E-state index in [2.05, 4.69) is 36.6 Å². The van der Waals surface area contributed by atoms with Crippen LogP contribution >= 0.6 is 11.6 Å². The molecule has 1 amide bonds. The monoisotopic (exact) mass is 555 g/mol. The van der Waals surface area contributed by atoms with Gasteiger partial charge in [0.1, 0.15) is 0 Å². The van der Waals surface area contributed by atoms with Crippen molar-refractivity contribution in [1.82, 2.24) is 15.0 Å². The van der Waals surface area contributed by atoms with Crippen LogP contribution in [0, 0.1) is 0 Å². The van der Waals surface area contributed by atoms with E-state index in [-0.39, 0.29) is 22.6 Å². The summed E-state index contributed by atoms with van der Waals surface area (Å²) in [4.78, 5) is 20.8. The zero-order valence-corrected chi connectivity index (χ0v) is 22.1. The fourth-order valence-electron chi connectivity index (χ4n) is 3.31. The van der Waals surface area contributed by atoms with E-state index in [0.29, 0.717) is 27.7 Å². The number of anilines is 1. The Balaban J connectivity index is 1.46. The quantitative estimate of drug-likeness (QED) is 0.387. The Labute approximate surface area is 223 Å². The summed E-state index contributed by atoms with van der Waals surface area (Å²) in [6.45, 7) is 5.62. The summed E-state index contributed by atoms with van der Waals surface area (Å²) in [6.07, 6.45) is 0. The zero-order valence-electron chi connectivity index (χ0n) is 20.5. The number of hydrogen-bond acceptors (Lipinski definition) is 10. The molecule has 196 valence electrons. The van der Waals surface area contributed by atoms with Crippen LogP contribution in [-0.4, -0.2) is 55.3 Å². The average Bonchev–Trinajstić information content (AvgIpc) is 3.19. The van der Waals surface area contributed by atoms with E-state index in [9.17, 15) is 13.2 Å². The standard InChI is InChI=1S/C24H22ClN7O5S/c1-14-22(23(33)32(30-14)15(2)16-5-7-17(25)8-6-16)29-28-18-9-11-19(12-10-18)38(34,35)31-20-13-21(36-3)27-24(26-20)37-4/h5-13,22H,2H2,1,3-4H3,(H,26,27,31)/b29-28+. The fraction of sp³-hybridized carbons (Fsp3) is 0.167. The van der Waals surface area contributed by atoms with Crippen molar-refractivity contribution in [3.63, 3.8) is 0 Å². The summed E-state index contributed by atoms with van der Waals surface area (Å²) >= 11 is 5.93. The molecule has 0 radical (unpaired) electrons. The van der Waals surface area contributed by atoms with Crippen molar-refractivity contribution in [3.8, 4) is 11.9 Å². The van der Waals surface area contributed by atoms with Crippen LogP contribution in [0.1, 0.15) is 12.5 Å². The Morgan fingerprint density at radius 2 is 1.76 bits per heavy atom. The molecule has 0 spiro atoms. The Morgan fingerprint density at radius 3 is 2.39 bits per heavy atom. The number of azo groups is 1. The molecule has 0 saturated carbocycles. The molecular formula is C24H22ClN7O5S. The summed E-state index contributed by atoms with van der Waals surface area (Å²) in [5.74, 6) is -0.317. The van der Waals surface area contributed by atoms with E-state index in [1.165, 1.54) is 49.6 Å². The van der Waals surface area contributed by atoms with Gasteiger partial charge in [-0.15, -0.1) is 0 Å². The van der Waals surface area contributed by atoms with Crippen LogP contribution in [0.4, 0.5) is 11.5 Å². The van der Waals surface area contributed by atoms with Gasteiger partial charge in [0.2, 0.25) is 5.88 Å². The molecule has 0 bridgehead atoms. The van der Waals surface area contributed by atoms with E-state index in [1.807, 2.05) is 0 Å². The molecule has 1 unspecified atom stereocenters. The number of nitrogens with one attached hydrogen (secondary N) is 1. The van der Waals surface area contributed by atoms with Gasteiger partial charge in [0.25, 0.3) is 15.9 Å². The molecule has 14 heteroatoms. The SMILES string of the molecule is C=C(c1ccc(Cl)cc1)N1N=C(C)C(/N=N/c2ccc(S(=O)(=O)Nc3cc(OC)nc(OC)n3)cc2)C1=O. The van der Waals surface area contributed by atoms with Crippen LogP contribution in [0.2, 0.25) is 5.02 Å². The molecule has 1 N–H and O–H groups in total.